The third-order valence-electron chi connectivity index (χ3n) is 4.41. The van der Waals surface area contributed by atoms with Gasteiger partial charge in [0.15, 0.2) is 0 Å². The lowest BCUT2D eigenvalue weighted by atomic mass is 10.0. The number of rotatable bonds is 3. The van der Waals surface area contributed by atoms with Crippen molar-refractivity contribution in [2.75, 3.05) is 13.1 Å². The molecular formula is C19H18ClN3. The summed E-state index contributed by atoms with van der Waals surface area (Å²) in [5, 5.41) is 1.89. The van der Waals surface area contributed by atoms with E-state index in [1.807, 2.05) is 36.5 Å². The zero-order chi connectivity index (χ0) is 15.6. The maximum atomic E-state index is 6.10. The molecule has 3 nitrogen and oxygen atoms in total. The van der Waals surface area contributed by atoms with E-state index in [1.54, 1.807) is 0 Å². The molecule has 0 spiro atoms. The predicted octanol–water partition coefficient (Wildman–Crippen LogP) is 3.88. The molecule has 0 amide bonds. The first-order valence-electron chi connectivity index (χ1n) is 7.98. The van der Waals surface area contributed by atoms with Crippen LogP contribution in [0.5, 0.6) is 0 Å². The Hall–Kier alpha value is -1.97. The van der Waals surface area contributed by atoms with Gasteiger partial charge in [0.05, 0.1) is 5.52 Å². The third kappa shape index (κ3) is 3.21. The summed E-state index contributed by atoms with van der Waals surface area (Å²) in [6.07, 6.45) is 3.86. The summed E-state index contributed by atoms with van der Waals surface area (Å²) in [6, 6.07) is 14.3. The molecule has 0 radical (unpaired) electrons. The Morgan fingerprint density at radius 2 is 2.09 bits per heavy atom. The van der Waals surface area contributed by atoms with E-state index in [4.69, 9.17) is 16.6 Å². The van der Waals surface area contributed by atoms with Gasteiger partial charge in [-0.25, -0.2) is 0 Å². The molecule has 0 aliphatic carbocycles. The number of hydrogen-bond donors (Lipinski definition) is 0. The van der Waals surface area contributed by atoms with Gasteiger partial charge >= 0.3 is 0 Å². The van der Waals surface area contributed by atoms with Gasteiger partial charge in [0.2, 0.25) is 0 Å². The van der Waals surface area contributed by atoms with Crippen molar-refractivity contribution in [3.63, 3.8) is 0 Å². The van der Waals surface area contributed by atoms with Crippen LogP contribution in [0, 0.1) is 0 Å². The fourth-order valence-corrected chi connectivity index (χ4v) is 3.36. The molecule has 23 heavy (non-hydrogen) atoms. The van der Waals surface area contributed by atoms with Crippen molar-refractivity contribution in [3.05, 3.63) is 70.6 Å². The summed E-state index contributed by atoms with van der Waals surface area (Å²) in [5.41, 5.74) is 4.75. The SMILES string of the molecule is Clc1ccc2nc3c(cc2c1)CN(CCc1ccccn1)CC3. The monoisotopic (exact) mass is 323 g/mol. The number of pyridine rings is 2. The molecule has 4 heteroatoms. The standard InChI is InChI=1S/C19H18ClN3/c20-16-4-5-18-14(12-16)11-15-13-23(10-7-19(15)22-18)9-6-17-3-1-2-8-21-17/h1-5,8,11-12H,6-7,9-10,13H2. The highest BCUT2D eigenvalue weighted by atomic mass is 35.5. The molecule has 3 aromatic rings. The summed E-state index contributed by atoms with van der Waals surface area (Å²) in [7, 11) is 0. The Morgan fingerprint density at radius 3 is 2.96 bits per heavy atom. The number of halogens is 1. The molecule has 4 rings (SSSR count). The van der Waals surface area contributed by atoms with Crippen LogP contribution in [0.1, 0.15) is 17.0 Å². The summed E-state index contributed by atoms with van der Waals surface area (Å²) in [6.45, 7) is 3.05. The minimum Gasteiger partial charge on any atom is -0.298 e. The van der Waals surface area contributed by atoms with Gasteiger partial charge in [-0.1, -0.05) is 17.7 Å². The Labute approximate surface area is 140 Å². The van der Waals surface area contributed by atoms with Crippen LogP contribution in [0.3, 0.4) is 0 Å². The van der Waals surface area contributed by atoms with Crippen LogP contribution in [-0.4, -0.2) is 28.0 Å². The highest BCUT2D eigenvalue weighted by molar-refractivity contribution is 6.31. The van der Waals surface area contributed by atoms with Gasteiger partial charge in [0, 0.05) is 60.5 Å². The molecule has 0 fully saturated rings. The van der Waals surface area contributed by atoms with Crippen LogP contribution in [0.2, 0.25) is 5.02 Å². The van der Waals surface area contributed by atoms with Crippen LogP contribution in [-0.2, 0) is 19.4 Å². The second-order valence-electron chi connectivity index (χ2n) is 6.03. The van der Waals surface area contributed by atoms with E-state index in [2.05, 4.69) is 22.0 Å². The van der Waals surface area contributed by atoms with E-state index in [0.717, 1.165) is 54.1 Å². The average Bonchev–Trinajstić information content (AvgIpc) is 2.59. The van der Waals surface area contributed by atoms with Crippen molar-refractivity contribution in [1.82, 2.24) is 14.9 Å². The largest absolute Gasteiger partial charge is 0.298 e. The number of benzene rings is 1. The van der Waals surface area contributed by atoms with Crippen LogP contribution < -0.4 is 0 Å². The van der Waals surface area contributed by atoms with Crippen LogP contribution in [0.15, 0.2) is 48.7 Å². The van der Waals surface area contributed by atoms with E-state index in [-0.39, 0.29) is 0 Å². The normalized spacial score (nSPS) is 14.8. The number of hydrogen-bond acceptors (Lipinski definition) is 3. The second kappa shape index (κ2) is 6.26. The van der Waals surface area contributed by atoms with Gasteiger partial charge in [-0.15, -0.1) is 0 Å². The number of aromatic nitrogens is 2. The van der Waals surface area contributed by atoms with Crippen molar-refractivity contribution < 1.29 is 0 Å². The molecule has 0 saturated carbocycles. The highest BCUT2D eigenvalue weighted by Crippen LogP contribution is 2.24. The predicted molar refractivity (Wildman–Crippen MR) is 93.7 cm³/mol. The van der Waals surface area contributed by atoms with E-state index in [9.17, 15) is 0 Å². The van der Waals surface area contributed by atoms with Gasteiger partial charge in [-0.3, -0.25) is 14.9 Å². The molecule has 1 aliphatic heterocycles. The minimum absolute atomic E-state index is 0.766. The fraction of sp³-hybridized carbons (Fsp3) is 0.263. The first kappa shape index (κ1) is 14.6. The van der Waals surface area contributed by atoms with Crippen LogP contribution in [0.4, 0.5) is 0 Å². The molecule has 3 heterocycles. The molecule has 0 bridgehead atoms. The van der Waals surface area contributed by atoms with Gasteiger partial charge in [0.1, 0.15) is 0 Å². The number of nitrogens with zero attached hydrogens (tertiary/aromatic N) is 3. The summed E-state index contributed by atoms with van der Waals surface area (Å²) < 4.78 is 0. The van der Waals surface area contributed by atoms with E-state index < -0.39 is 0 Å². The zero-order valence-electron chi connectivity index (χ0n) is 12.9. The van der Waals surface area contributed by atoms with Gasteiger partial charge in [-0.05, 0) is 42.0 Å². The lowest BCUT2D eigenvalue weighted by Gasteiger charge is -2.28. The topological polar surface area (TPSA) is 29.0 Å². The molecular weight excluding hydrogens is 306 g/mol. The van der Waals surface area contributed by atoms with Crippen LogP contribution in [0.25, 0.3) is 10.9 Å². The molecule has 0 unspecified atom stereocenters. The second-order valence-corrected chi connectivity index (χ2v) is 6.46. The van der Waals surface area contributed by atoms with Crippen molar-refractivity contribution in [2.24, 2.45) is 0 Å². The summed E-state index contributed by atoms with van der Waals surface area (Å²) in [5.74, 6) is 0. The molecule has 1 aromatic carbocycles. The Bertz CT molecular complexity index is 833. The summed E-state index contributed by atoms with van der Waals surface area (Å²) >= 11 is 6.10. The maximum absolute atomic E-state index is 6.10. The van der Waals surface area contributed by atoms with E-state index in [0.29, 0.717) is 0 Å². The quantitative estimate of drug-likeness (QED) is 0.732. The van der Waals surface area contributed by atoms with E-state index in [1.165, 1.54) is 11.3 Å². The molecule has 0 saturated heterocycles. The Balaban J connectivity index is 1.52. The number of fused-ring (bicyclic) bond motifs is 2. The smallest absolute Gasteiger partial charge is 0.0706 e. The first-order valence-corrected chi connectivity index (χ1v) is 8.36. The molecule has 2 aromatic heterocycles. The molecule has 0 N–H and O–H groups in total. The van der Waals surface area contributed by atoms with Crippen molar-refractivity contribution in [3.8, 4) is 0 Å². The highest BCUT2D eigenvalue weighted by Gasteiger charge is 2.18. The van der Waals surface area contributed by atoms with E-state index >= 15 is 0 Å². The minimum atomic E-state index is 0.766. The fourth-order valence-electron chi connectivity index (χ4n) is 3.18. The lowest BCUT2D eigenvalue weighted by Crippen LogP contribution is -2.32. The molecule has 116 valence electrons. The van der Waals surface area contributed by atoms with Gasteiger partial charge in [0.25, 0.3) is 0 Å². The Kier molecular flexibility index (Phi) is 3.98. The van der Waals surface area contributed by atoms with Crippen molar-refractivity contribution >= 4 is 22.5 Å². The Morgan fingerprint density at radius 1 is 1.13 bits per heavy atom. The van der Waals surface area contributed by atoms with Crippen LogP contribution >= 0.6 is 11.6 Å². The first-order chi connectivity index (χ1) is 11.3. The van der Waals surface area contributed by atoms with Gasteiger partial charge in [-0.2, -0.15) is 0 Å². The third-order valence-corrected chi connectivity index (χ3v) is 4.65. The molecule has 1 aliphatic rings. The van der Waals surface area contributed by atoms with Crippen molar-refractivity contribution in [1.29, 1.82) is 0 Å². The average molecular weight is 324 g/mol. The lowest BCUT2D eigenvalue weighted by molar-refractivity contribution is 0.255. The summed E-state index contributed by atoms with van der Waals surface area (Å²) in [4.78, 5) is 11.7. The molecule has 0 atom stereocenters. The maximum Gasteiger partial charge on any atom is 0.0706 e. The zero-order valence-corrected chi connectivity index (χ0v) is 13.6. The van der Waals surface area contributed by atoms with Gasteiger partial charge < -0.3 is 0 Å². The van der Waals surface area contributed by atoms with Crippen molar-refractivity contribution in [2.45, 2.75) is 19.4 Å².